The maximum Gasteiger partial charge on any atom is 0.255 e. The minimum absolute atomic E-state index is 0.115. The second-order valence-corrected chi connectivity index (χ2v) is 6.77. The molecule has 0 fully saturated rings. The van der Waals surface area contributed by atoms with Gasteiger partial charge >= 0.3 is 0 Å². The van der Waals surface area contributed by atoms with E-state index >= 15 is 0 Å². The number of rotatable bonds is 7. The van der Waals surface area contributed by atoms with Gasteiger partial charge in [0.25, 0.3) is 5.91 Å². The fourth-order valence-electron chi connectivity index (χ4n) is 2.41. The van der Waals surface area contributed by atoms with Crippen LogP contribution in [-0.2, 0) is 10.5 Å². The van der Waals surface area contributed by atoms with Crippen LogP contribution in [0.4, 0.5) is 5.69 Å². The molecule has 1 aromatic carbocycles. The molecule has 3 rings (SSSR count). The van der Waals surface area contributed by atoms with Gasteiger partial charge in [-0.25, -0.2) is 4.98 Å². The van der Waals surface area contributed by atoms with Crippen molar-refractivity contribution in [2.45, 2.75) is 17.7 Å². The van der Waals surface area contributed by atoms with Crippen LogP contribution in [0.1, 0.15) is 21.7 Å². The molecule has 0 radical (unpaired) electrons. The third-order valence-electron chi connectivity index (χ3n) is 3.75. The lowest BCUT2D eigenvalue weighted by Crippen LogP contribution is -2.32. The third kappa shape index (κ3) is 5.46. The molecule has 3 aromatic rings. The second kappa shape index (κ2) is 9.05. The summed E-state index contributed by atoms with van der Waals surface area (Å²) in [6.45, 7) is 1.58. The summed E-state index contributed by atoms with van der Waals surface area (Å²) in [7, 11) is 0. The Hall–Kier alpha value is -3.06. The van der Waals surface area contributed by atoms with E-state index < -0.39 is 0 Å². The van der Waals surface area contributed by atoms with Crippen LogP contribution < -0.4 is 10.6 Å². The van der Waals surface area contributed by atoms with Crippen LogP contribution in [0, 0.1) is 6.92 Å². The number of hydrogen-bond acceptors (Lipinski definition) is 5. The molecule has 27 heavy (non-hydrogen) atoms. The molecule has 0 aliphatic carbocycles. The Morgan fingerprint density at radius 2 is 2.04 bits per heavy atom. The van der Waals surface area contributed by atoms with Gasteiger partial charge in [-0.05, 0) is 42.8 Å². The molecule has 2 heterocycles. The van der Waals surface area contributed by atoms with Crippen molar-refractivity contribution in [2.75, 3.05) is 11.9 Å². The summed E-state index contributed by atoms with van der Waals surface area (Å²) in [6, 6.07) is 15.0. The number of carbonyl (C=O) groups is 2. The third-order valence-corrected chi connectivity index (χ3v) is 4.76. The normalized spacial score (nSPS) is 10.4. The van der Waals surface area contributed by atoms with Gasteiger partial charge in [0.05, 0.1) is 23.4 Å². The number of nitrogens with zero attached hydrogens (tertiary/aromatic N) is 1. The summed E-state index contributed by atoms with van der Waals surface area (Å²) in [6.07, 6.45) is 3.21. The smallest absolute Gasteiger partial charge is 0.255 e. The molecule has 2 amide bonds. The predicted octanol–water partition coefficient (Wildman–Crippen LogP) is 3.64. The zero-order chi connectivity index (χ0) is 19.1. The summed E-state index contributed by atoms with van der Waals surface area (Å²) < 4.78 is 5.09. The van der Waals surface area contributed by atoms with Crippen LogP contribution in [0.3, 0.4) is 0 Å². The lowest BCUT2D eigenvalue weighted by Gasteiger charge is -2.08. The van der Waals surface area contributed by atoms with Gasteiger partial charge in [0.15, 0.2) is 0 Å². The second-order valence-electron chi connectivity index (χ2n) is 5.78. The van der Waals surface area contributed by atoms with Crippen molar-refractivity contribution < 1.29 is 14.0 Å². The quantitative estimate of drug-likeness (QED) is 0.611. The number of pyridine rings is 1. The van der Waals surface area contributed by atoms with E-state index in [2.05, 4.69) is 15.6 Å². The van der Waals surface area contributed by atoms with Gasteiger partial charge in [0, 0.05) is 17.6 Å². The number of thioether (sulfide) groups is 1. The molecule has 0 aliphatic rings. The summed E-state index contributed by atoms with van der Waals surface area (Å²) in [5.41, 5.74) is 2.19. The van der Waals surface area contributed by atoms with Gasteiger partial charge in [-0.15, -0.1) is 11.8 Å². The average molecular weight is 381 g/mol. The Bertz CT molecular complexity index is 925. The summed E-state index contributed by atoms with van der Waals surface area (Å²) in [5.74, 6) is 0.638. The maximum atomic E-state index is 12.1. The number of nitrogens with one attached hydrogen (secondary N) is 2. The van der Waals surface area contributed by atoms with E-state index in [9.17, 15) is 9.59 Å². The molecule has 0 saturated carbocycles. The van der Waals surface area contributed by atoms with Crippen LogP contribution in [-0.4, -0.2) is 23.3 Å². The van der Waals surface area contributed by atoms with Gasteiger partial charge in [0.1, 0.15) is 5.76 Å². The SMILES string of the molecule is Cc1occc1C(=O)NCC(=O)Nc1cccc(CSc2ccccn2)c1. The standard InChI is InChI=1S/C20H19N3O3S/c1-14-17(8-10-26-14)20(25)22-12-18(24)23-16-6-4-5-15(11-16)13-27-19-7-2-3-9-21-19/h2-11H,12-13H2,1H3,(H,22,25)(H,23,24). The molecule has 2 N–H and O–H groups in total. The number of benzene rings is 1. The summed E-state index contributed by atoms with van der Waals surface area (Å²) in [5, 5.41) is 6.33. The summed E-state index contributed by atoms with van der Waals surface area (Å²) >= 11 is 1.63. The van der Waals surface area contributed by atoms with Gasteiger partial charge in [-0.1, -0.05) is 18.2 Å². The van der Waals surface area contributed by atoms with Crippen LogP contribution in [0.15, 0.2) is 70.4 Å². The zero-order valence-corrected chi connectivity index (χ0v) is 15.6. The Balaban J connectivity index is 1.50. The number of furan rings is 1. The molecule has 2 aromatic heterocycles. The Labute approximate surface area is 161 Å². The van der Waals surface area contributed by atoms with Gasteiger partial charge in [-0.2, -0.15) is 0 Å². The minimum atomic E-state index is -0.336. The Kier molecular flexibility index (Phi) is 6.27. The first kappa shape index (κ1) is 18.7. The van der Waals surface area contributed by atoms with Crippen molar-refractivity contribution in [3.63, 3.8) is 0 Å². The zero-order valence-electron chi connectivity index (χ0n) is 14.8. The molecule has 138 valence electrons. The minimum Gasteiger partial charge on any atom is -0.469 e. The average Bonchev–Trinajstić information content (AvgIpc) is 3.12. The largest absolute Gasteiger partial charge is 0.469 e. The molecule has 0 unspecified atom stereocenters. The summed E-state index contributed by atoms with van der Waals surface area (Å²) in [4.78, 5) is 28.4. The highest BCUT2D eigenvalue weighted by molar-refractivity contribution is 7.98. The van der Waals surface area contributed by atoms with Crippen molar-refractivity contribution in [3.05, 3.63) is 77.9 Å². The highest BCUT2D eigenvalue weighted by Gasteiger charge is 2.12. The van der Waals surface area contributed by atoms with E-state index in [0.717, 1.165) is 16.3 Å². The molecule has 0 spiro atoms. The lowest BCUT2D eigenvalue weighted by atomic mass is 10.2. The Morgan fingerprint density at radius 1 is 1.15 bits per heavy atom. The van der Waals surface area contributed by atoms with Crippen LogP contribution >= 0.6 is 11.8 Å². The topological polar surface area (TPSA) is 84.2 Å². The molecule has 0 bridgehead atoms. The van der Waals surface area contributed by atoms with Crippen molar-refractivity contribution >= 4 is 29.3 Å². The fourth-order valence-corrected chi connectivity index (χ4v) is 3.21. The number of amides is 2. The maximum absolute atomic E-state index is 12.1. The fraction of sp³-hybridized carbons (Fsp3) is 0.150. The van der Waals surface area contributed by atoms with Crippen LogP contribution in [0.25, 0.3) is 0 Å². The monoisotopic (exact) mass is 381 g/mol. The molecular formula is C20H19N3O3S. The van der Waals surface area contributed by atoms with E-state index in [1.54, 1.807) is 30.9 Å². The van der Waals surface area contributed by atoms with Gasteiger partial charge in [0.2, 0.25) is 5.91 Å². The first-order chi connectivity index (χ1) is 13.1. The molecule has 0 atom stereocenters. The van der Waals surface area contributed by atoms with E-state index in [1.807, 2.05) is 42.5 Å². The molecule has 7 heteroatoms. The van der Waals surface area contributed by atoms with Crippen molar-refractivity contribution in [2.24, 2.45) is 0 Å². The van der Waals surface area contributed by atoms with Crippen LogP contribution in [0.2, 0.25) is 0 Å². The number of anilines is 1. The highest BCUT2D eigenvalue weighted by atomic mass is 32.2. The number of aromatic nitrogens is 1. The van der Waals surface area contributed by atoms with E-state index in [1.165, 1.54) is 6.26 Å². The molecule has 6 nitrogen and oxygen atoms in total. The van der Waals surface area contributed by atoms with Gasteiger partial charge in [-0.3, -0.25) is 9.59 Å². The molecule has 0 aliphatic heterocycles. The predicted molar refractivity (Wildman–Crippen MR) is 105 cm³/mol. The number of hydrogen-bond donors (Lipinski definition) is 2. The van der Waals surface area contributed by atoms with E-state index in [0.29, 0.717) is 17.0 Å². The Morgan fingerprint density at radius 3 is 2.78 bits per heavy atom. The van der Waals surface area contributed by atoms with E-state index in [-0.39, 0.29) is 18.4 Å². The van der Waals surface area contributed by atoms with Crippen molar-refractivity contribution in [1.82, 2.24) is 10.3 Å². The first-order valence-corrected chi connectivity index (χ1v) is 9.35. The van der Waals surface area contributed by atoms with Crippen LogP contribution in [0.5, 0.6) is 0 Å². The number of aryl methyl sites for hydroxylation is 1. The van der Waals surface area contributed by atoms with E-state index in [4.69, 9.17) is 4.42 Å². The first-order valence-electron chi connectivity index (χ1n) is 8.37. The highest BCUT2D eigenvalue weighted by Crippen LogP contribution is 2.22. The molecule has 0 saturated heterocycles. The van der Waals surface area contributed by atoms with Crippen molar-refractivity contribution in [1.29, 1.82) is 0 Å². The number of carbonyl (C=O) groups excluding carboxylic acids is 2. The van der Waals surface area contributed by atoms with Gasteiger partial charge < -0.3 is 15.1 Å². The van der Waals surface area contributed by atoms with Crippen molar-refractivity contribution in [3.8, 4) is 0 Å². The molecular weight excluding hydrogens is 362 g/mol. The lowest BCUT2D eigenvalue weighted by molar-refractivity contribution is -0.115.